The maximum Gasteiger partial charge on any atom is 0.239 e. The Bertz CT molecular complexity index is 212. The molecule has 1 rings (SSSR count). The molecule has 0 spiro atoms. The second kappa shape index (κ2) is 5.59. The van der Waals surface area contributed by atoms with Gasteiger partial charge in [-0.2, -0.15) is 0 Å². The molecule has 14 heavy (non-hydrogen) atoms. The molecule has 1 aliphatic heterocycles. The van der Waals surface area contributed by atoms with E-state index in [4.69, 9.17) is 0 Å². The van der Waals surface area contributed by atoms with Gasteiger partial charge in [0.05, 0.1) is 6.54 Å². The molecule has 3 N–H and O–H groups in total. The molecule has 5 heteroatoms. The minimum atomic E-state index is -0.181. The van der Waals surface area contributed by atoms with E-state index in [0.717, 1.165) is 13.0 Å². The van der Waals surface area contributed by atoms with E-state index in [1.165, 1.54) is 13.3 Å². The van der Waals surface area contributed by atoms with Gasteiger partial charge in [-0.3, -0.25) is 9.59 Å². The molecular weight excluding hydrogens is 182 g/mol. The first kappa shape index (κ1) is 11.0. The van der Waals surface area contributed by atoms with E-state index in [-0.39, 0.29) is 18.4 Å². The summed E-state index contributed by atoms with van der Waals surface area (Å²) in [6.45, 7) is 3.15. The van der Waals surface area contributed by atoms with Gasteiger partial charge in [0.15, 0.2) is 0 Å². The van der Waals surface area contributed by atoms with E-state index in [2.05, 4.69) is 16.0 Å². The number of nitrogens with one attached hydrogen (secondary N) is 3. The van der Waals surface area contributed by atoms with Crippen molar-refractivity contribution in [1.82, 2.24) is 16.0 Å². The normalized spacial score (nSPS) is 20.5. The van der Waals surface area contributed by atoms with E-state index in [1.807, 2.05) is 0 Å². The predicted molar refractivity (Wildman–Crippen MR) is 52.7 cm³/mol. The Labute approximate surface area is 83.6 Å². The topological polar surface area (TPSA) is 70.2 Å². The third kappa shape index (κ3) is 4.23. The summed E-state index contributed by atoms with van der Waals surface area (Å²) in [6.07, 6.45) is 2.28. The van der Waals surface area contributed by atoms with Crippen LogP contribution in [-0.2, 0) is 9.59 Å². The molecule has 0 aromatic carbocycles. The maximum atomic E-state index is 11.2. The summed E-state index contributed by atoms with van der Waals surface area (Å²) in [5.74, 6) is -0.312. The van der Waals surface area contributed by atoms with Gasteiger partial charge in [-0.15, -0.1) is 0 Å². The van der Waals surface area contributed by atoms with E-state index < -0.39 is 0 Å². The Morgan fingerprint density at radius 3 is 2.79 bits per heavy atom. The van der Waals surface area contributed by atoms with E-state index in [0.29, 0.717) is 12.6 Å². The fourth-order valence-corrected chi connectivity index (χ4v) is 1.44. The molecular formula is C9H17N3O2. The van der Waals surface area contributed by atoms with E-state index in [9.17, 15) is 9.59 Å². The van der Waals surface area contributed by atoms with Crippen LogP contribution in [0.1, 0.15) is 19.8 Å². The van der Waals surface area contributed by atoms with Crippen molar-refractivity contribution in [3.8, 4) is 0 Å². The second-order valence-corrected chi connectivity index (χ2v) is 3.51. The van der Waals surface area contributed by atoms with Gasteiger partial charge >= 0.3 is 0 Å². The highest BCUT2D eigenvalue weighted by Crippen LogP contribution is 2.02. The molecule has 0 saturated carbocycles. The van der Waals surface area contributed by atoms with Crippen molar-refractivity contribution >= 4 is 11.8 Å². The van der Waals surface area contributed by atoms with Gasteiger partial charge in [-0.25, -0.2) is 0 Å². The van der Waals surface area contributed by atoms with Crippen LogP contribution in [0.5, 0.6) is 0 Å². The fraction of sp³-hybridized carbons (Fsp3) is 0.778. The molecule has 1 fully saturated rings. The van der Waals surface area contributed by atoms with Crippen molar-refractivity contribution in [1.29, 1.82) is 0 Å². The lowest BCUT2D eigenvalue weighted by molar-refractivity contribution is -0.125. The highest BCUT2D eigenvalue weighted by atomic mass is 16.2. The average Bonchev–Trinajstić information content (AvgIpc) is 2.63. The molecule has 1 heterocycles. The fourth-order valence-electron chi connectivity index (χ4n) is 1.44. The van der Waals surface area contributed by atoms with Crippen LogP contribution in [0.4, 0.5) is 0 Å². The van der Waals surface area contributed by atoms with Crippen molar-refractivity contribution in [3.05, 3.63) is 0 Å². The first-order valence-electron chi connectivity index (χ1n) is 4.93. The number of amides is 2. The van der Waals surface area contributed by atoms with Gasteiger partial charge < -0.3 is 16.0 Å². The third-order valence-electron chi connectivity index (χ3n) is 2.21. The van der Waals surface area contributed by atoms with E-state index >= 15 is 0 Å². The Kier molecular flexibility index (Phi) is 4.39. The van der Waals surface area contributed by atoms with Crippen LogP contribution >= 0.6 is 0 Å². The lowest BCUT2D eigenvalue weighted by Crippen LogP contribution is -2.41. The SMILES string of the molecule is CC(=O)NCC(=O)NCC1CCCN1. The van der Waals surface area contributed by atoms with Crippen LogP contribution in [0, 0.1) is 0 Å². The zero-order chi connectivity index (χ0) is 10.4. The van der Waals surface area contributed by atoms with Crippen LogP contribution in [0.15, 0.2) is 0 Å². The van der Waals surface area contributed by atoms with E-state index in [1.54, 1.807) is 0 Å². The lowest BCUT2D eigenvalue weighted by Gasteiger charge is -2.11. The number of rotatable bonds is 4. The molecule has 5 nitrogen and oxygen atoms in total. The van der Waals surface area contributed by atoms with Crippen LogP contribution in [0.3, 0.4) is 0 Å². The Balaban J connectivity index is 2.05. The first-order chi connectivity index (χ1) is 6.68. The Morgan fingerprint density at radius 1 is 1.43 bits per heavy atom. The summed E-state index contributed by atoms with van der Waals surface area (Å²) in [6, 6.07) is 0.399. The molecule has 80 valence electrons. The summed E-state index contributed by atoms with van der Waals surface area (Å²) >= 11 is 0. The standard InChI is InChI=1S/C9H17N3O2/c1-7(13)11-6-9(14)12-5-8-3-2-4-10-8/h8,10H,2-6H2,1H3,(H,11,13)(H,12,14). The predicted octanol–water partition coefficient (Wildman–Crippen LogP) is -1.01. The van der Waals surface area contributed by atoms with Gasteiger partial charge in [0.1, 0.15) is 0 Å². The van der Waals surface area contributed by atoms with Gasteiger partial charge in [0, 0.05) is 19.5 Å². The van der Waals surface area contributed by atoms with Crippen molar-refractivity contribution in [2.45, 2.75) is 25.8 Å². The average molecular weight is 199 g/mol. The summed E-state index contributed by atoms with van der Waals surface area (Å²) in [5, 5.41) is 8.49. The Morgan fingerprint density at radius 2 is 2.21 bits per heavy atom. The molecule has 1 atom stereocenters. The van der Waals surface area contributed by atoms with Crippen LogP contribution < -0.4 is 16.0 Å². The van der Waals surface area contributed by atoms with Crippen molar-refractivity contribution in [2.24, 2.45) is 0 Å². The third-order valence-corrected chi connectivity index (χ3v) is 2.21. The highest BCUT2D eigenvalue weighted by molar-refractivity contribution is 5.83. The van der Waals surface area contributed by atoms with Gasteiger partial charge in [-0.1, -0.05) is 0 Å². The van der Waals surface area contributed by atoms with Crippen LogP contribution in [0.2, 0.25) is 0 Å². The summed E-state index contributed by atoms with van der Waals surface area (Å²) < 4.78 is 0. The van der Waals surface area contributed by atoms with Crippen LogP contribution in [-0.4, -0.2) is 37.5 Å². The molecule has 0 bridgehead atoms. The molecule has 0 radical (unpaired) electrons. The maximum absolute atomic E-state index is 11.2. The lowest BCUT2D eigenvalue weighted by atomic mass is 10.2. The van der Waals surface area contributed by atoms with Crippen molar-refractivity contribution < 1.29 is 9.59 Å². The highest BCUT2D eigenvalue weighted by Gasteiger charge is 2.14. The molecule has 2 amide bonds. The molecule has 1 unspecified atom stereocenters. The number of hydrogen-bond acceptors (Lipinski definition) is 3. The minimum Gasteiger partial charge on any atom is -0.353 e. The van der Waals surface area contributed by atoms with Crippen molar-refractivity contribution in [3.63, 3.8) is 0 Å². The largest absolute Gasteiger partial charge is 0.353 e. The molecule has 1 saturated heterocycles. The molecule has 0 aromatic rings. The number of carbonyl (C=O) groups is 2. The van der Waals surface area contributed by atoms with Gasteiger partial charge in [-0.05, 0) is 19.4 Å². The molecule has 0 aromatic heterocycles. The molecule has 1 aliphatic rings. The first-order valence-corrected chi connectivity index (χ1v) is 4.93. The van der Waals surface area contributed by atoms with Gasteiger partial charge in [0.25, 0.3) is 0 Å². The monoisotopic (exact) mass is 199 g/mol. The van der Waals surface area contributed by atoms with Crippen molar-refractivity contribution in [2.75, 3.05) is 19.6 Å². The summed E-state index contributed by atoms with van der Waals surface area (Å²) in [4.78, 5) is 21.7. The summed E-state index contributed by atoms with van der Waals surface area (Å²) in [5.41, 5.74) is 0. The zero-order valence-electron chi connectivity index (χ0n) is 8.43. The second-order valence-electron chi connectivity index (χ2n) is 3.51. The quantitative estimate of drug-likeness (QED) is 0.543. The smallest absolute Gasteiger partial charge is 0.239 e. The summed E-state index contributed by atoms with van der Waals surface area (Å²) in [7, 11) is 0. The van der Waals surface area contributed by atoms with Gasteiger partial charge in [0.2, 0.25) is 11.8 Å². The zero-order valence-corrected chi connectivity index (χ0v) is 8.43. The Hall–Kier alpha value is -1.10. The number of carbonyl (C=O) groups excluding carboxylic acids is 2. The minimum absolute atomic E-state index is 0.0715. The number of hydrogen-bond donors (Lipinski definition) is 3. The molecule has 0 aliphatic carbocycles. The van der Waals surface area contributed by atoms with Crippen LogP contribution in [0.25, 0.3) is 0 Å².